The molecule has 3 rings (SSSR count). The summed E-state index contributed by atoms with van der Waals surface area (Å²) in [5, 5.41) is 0. The van der Waals surface area contributed by atoms with Gasteiger partial charge in [0, 0.05) is 13.1 Å². The smallest absolute Gasteiger partial charge is 0.416 e. The highest BCUT2D eigenvalue weighted by Gasteiger charge is 2.32. The molecule has 28 heavy (non-hydrogen) atoms. The van der Waals surface area contributed by atoms with Crippen LogP contribution in [0.15, 0.2) is 36.4 Å². The molecule has 0 saturated carbocycles. The molecule has 3 nitrogen and oxygen atoms in total. The van der Waals surface area contributed by atoms with E-state index in [-0.39, 0.29) is 0 Å². The number of ether oxygens (including phenoxy) is 2. The summed E-state index contributed by atoms with van der Waals surface area (Å²) in [7, 11) is 3.18. The molecule has 1 heterocycles. The first-order valence-electron chi connectivity index (χ1n) is 9.08. The average molecular weight is 397 g/mol. The van der Waals surface area contributed by atoms with Crippen LogP contribution in [0.2, 0.25) is 0 Å². The van der Waals surface area contributed by atoms with E-state index < -0.39 is 17.6 Å². The van der Waals surface area contributed by atoms with Crippen LogP contribution < -0.4 is 9.47 Å². The van der Waals surface area contributed by atoms with Crippen LogP contribution in [0.4, 0.5) is 17.6 Å². The minimum atomic E-state index is -4.54. The third kappa shape index (κ3) is 4.95. The fraction of sp³-hybridized carbons (Fsp3) is 0.429. The van der Waals surface area contributed by atoms with Crippen LogP contribution in [0.25, 0.3) is 0 Å². The zero-order valence-electron chi connectivity index (χ0n) is 15.9. The molecule has 1 unspecified atom stereocenters. The molecule has 7 heteroatoms. The van der Waals surface area contributed by atoms with Crippen LogP contribution in [-0.2, 0) is 19.1 Å². The summed E-state index contributed by atoms with van der Waals surface area (Å²) in [5.41, 5.74) is 0.525. The Kier molecular flexibility index (Phi) is 6.13. The Morgan fingerprint density at radius 3 is 2.43 bits per heavy atom. The fourth-order valence-electron chi connectivity index (χ4n) is 3.73. The monoisotopic (exact) mass is 397 g/mol. The molecule has 1 aliphatic heterocycles. The molecule has 0 aliphatic carbocycles. The highest BCUT2D eigenvalue weighted by Crippen LogP contribution is 2.32. The summed E-state index contributed by atoms with van der Waals surface area (Å²) in [6.45, 7) is 1.84. The number of methoxy groups -OCH3 is 2. The Labute approximate surface area is 161 Å². The van der Waals surface area contributed by atoms with Crippen LogP contribution in [0.5, 0.6) is 11.5 Å². The van der Waals surface area contributed by atoms with Crippen molar-refractivity contribution in [3.8, 4) is 11.5 Å². The first-order valence-corrected chi connectivity index (χ1v) is 9.08. The second kappa shape index (κ2) is 8.39. The van der Waals surface area contributed by atoms with E-state index in [2.05, 4.69) is 4.90 Å². The predicted octanol–water partition coefficient (Wildman–Crippen LogP) is 4.93. The molecule has 1 aliphatic rings. The minimum Gasteiger partial charge on any atom is -0.493 e. The first kappa shape index (κ1) is 20.5. The number of rotatable bonds is 6. The maximum atomic E-state index is 13.6. The van der Waals surface area contributed by atoms with Crippen molar-refractivity contribution in [3.05, 3.63) is 58.9 Å². The topological polar surface area (TPSA) is 21.7 Å². The maximum Gasteiger partial charge on any atom is 0.416 e. The third-order valence-electron chi connectivity index (χ3n) is 5.03. The Hall–Kier alpha value is -2.28. The van der Waals surface area contributed by atoms with E-state index in [4.69, 9.17) is 9.47 Å². The van der Waals surface area contributed by atoms with Gasteiger partial charge in [-0.25, -0.2) is 4.39 Å². The van der Waals surface area contributed by atoms with Crippen molar-refractivity contribution < 1.29 is 27.0 Å². The maximum absolute atomic E-state index is 13.6. The number of halogens is 4. The van der Waals surface area contributed by atoms with E-state index in [9.17, 15) is 17.6 Å². The van der Waals surface area contributed by atoms with E-state index in [1.54, 1.807) is 14.2 Å². The van der Waals surface area contributed by atoms with Gasteiger partial charge in [0.2, 0.25) is 0 Å². The molecule has 0 N–H and O–H groups in total. The molecule has 0 bridgehead atoms. The van der Waals surface area contributed by atoms with Gasteiger partial charge in [0.15, 0.2) is 11.5 Å². The number of nitrogens with zero attached hydrogens (tertiary/aromatic N) is 1. The zero-order chi connectivity index (χ0) is 20.3. The molecule has 1 saturated heterocycles. The Balaban J connectivity index is 1.63. The van der Waals surface area contributed by atoms with Gasteiger partial charge in [-0.05, 0) is 66.8 Å². The lowest BCUT2D eigenvalue weighted by molar-refractivity contribution is -0.137. The lowest BCUT2D eigenvalue weighted by Gasteiger charge is -2.18. The van der Waals surface area contributed by atoms with Gasteiger partial charge in [-0.3, -0.25) is 4.90 Å². The molecule has 1 fully saturated rings. The summed E-state index contributed by atoms with van der Waals surface area (Å²) in [6.07, 6.45) is -2.76. The zero-order valence-corrected chi connectivity index (χ0v) is 15.9. The van der Waals surface area contributed by atoms with E-state index in [1.807, 2.05) is 18.2 Å². The summed E-state index contributed by atoms with van der Waals surface area (Å²) in [4.78, 5) is 2.07. The van der Waals surface area contributed by atoms with Crippen LogP contribution in [-0.4, -0.2) is 32.2 Å². The Bertz CT molecular complexity index is 823. The molecule has 2 aromatic carbocycles. The number of alkyl halides is 3. The molecule has 1 atom stereocenters. The van der Waals surface area contributed by atoms with E-state index >= 15 is 0 Å². The van der Waals surface area contributed by atoms with Crippen molar-refractivity contribution in [3.63, 3.8) is 0 Å². The quantitative estimate of drug-likeness (QED) is 0.646. The summed E-state index contributed by atoms with van der Waals surface area (Å²) in [5.74, 6) is 0.875. The van der Waals surface area contributed by atoms with E-state index in [1.165, 1.54) is 6.07 Å². The number of benzene rings is 2. The lowest BCUT2D eigenvalue weighted by atomic mass is 9.98. The number of likely N-dealkylation sites (tertiary alicyclic amines) is 1. The lowest BCUT2D eigenvalue weighted by Crippen LogP contribution is -2.21. The fourth-order valence-corrected chi connectivity index (χ4v) is 3.73. The molecule has 0 amide bonds. The minimum absolute atomic E-state index is 0.309. The van der Waals surface area contributed by atoms with Crippen molar-refractivity contribution >= 4 is 0 Å². The second-order valence-corrected chi connectivity index (χ2v) is 7.13. The predicted molar refractivity (Wildman–Crippen MR) is 98.0 cm³/mol. The van der Waals surface area contributed by atoms with Gasteiger partial charge in [0.05, 0.1) is 19.8 Å². The largest absolute Gasteiger partial charge is 0.493 e. The molecular formula is C21H23F4NO2. The Morgan fingerprint density at radius 1 is 1.00 bits per heavy atom. The van der Waals surface area contributed by atoms with Crippen molar-refractivity contribution in [2.24, 2.45) is 5.92 Å². The summed E-state index contributed by atoms with van der Waals surface area (Å²) < 4.78 is 62.8. The first-order chi connectivity index (χ1) is 13.3. The highest BCUT2D eigenvalue weighted by atomic mass is 19.4. The Morgan fingerprint density at radius 2 is 1.75 bits per heavy atom. The van der Waals surface area contributed by atoms with Gasteiger partial charge >= 0.3 is 6.18 Å². The molecule has 0 spiro atoms. The second-order valence-electron chi connectivity index (χ2n) is 7.13. The van der Waals surface area contributed by atoms with Crippen molar-refractivity contribution in [2.75, 3.05) is 27.3 Å². The average Bonchev–Trinajstić information content (AvgIpc) is 3.07. The van der Waals surface area contributed by atoms with Crippen molar-refractivity contribution in [2.45, 2.75) is 25.6 Å². The van der Waals surface area contributed by atoms with Gasteiger partial charge in [0.25, 0.3) is 0 Å². The third-order valence-corrected chi connectivity index (χ3v) is 5.03. The van der Waals surface area contributed by atoms with Crippen LogP contribution in [0.1, 0.15) is 23.1 Å². The van der Waals surface area contributed by atoms with Crippen LogP contribution >= 0.6 is 0 Å². The molecule has 152 valence electrons. The normalized spacial score (nSPS) is 17.7. The van der Waals surface area contributed by atoms with Gasteiger partial charge in [-0.2, -0.15) is 13.2 Å². The molecule has 0 aromatic heterocycles. The van der Waals surface area contributed by atoms with Gasteiger partial charge in [-0.1, -0.05) is 6.07 Å². The standard InChI is InChI=1S/C21H23F4NO2/c1-27-19-4-3-14(10-20(19)28-2)7-15-5-6-26(12-15)13-16-8-17(21(23,24)25)11-18(22)9-16/h3-4,8-11,15H,5-7,12-13H2,1-2H3. The van der Waals surface area contributed by atoms with Gasteiger partial charge in [-0.15, -0.1) is 0 Å². The summed E-state index contributed by atoms with van der Waals surface area (Å²) in [6, 6.07) is 8.55. The molecule has 2 aromatic rings. The van der Waals surface area contributed by atoms with Crippen molar-refractivity contribution in [1.29, 1.82) is 0 Å². The van der Waals surface area contributed by atoms with E-state index in [0.29, 0.717) is 35.6 Å². The SMILES string of the molecule is COc1ccc(CC2CCN(Cc3cc(F)cc(C(F)(F)F)c3)C2)cc1OC. The molecule has 0 radical (unpaired) electrons. The number of hydrogen-bond acceptors (Lipinski definition) is 3. The highest BCUT2D eigenvalue weighted by molar-refractivity contribution is 5.43. The van der Waals surface area contributed by atoms with Crippen LogP contribution in [0.3, 0.4) is 0 Å². The van der Waals surface area contributed by atoms with E-state index in [0.717, 1.165) is 37.6 Å². The van der Waals surface area contributed by atoms with Crippen LogP contribution in [0, 0.1) is 11.7 Å². The van der Waals surface area contributed by atoms with Gasteiger partial charge in [0.1, 0.15) is 5.82 Å². The van der Waals surface area contributed by atoms with Crippen molar-refractivity contribution in [1.82, 2.24) is 4.90 Å². The number of hydrogen-bond donors (Lipinski definition) is 0. The van der Waals surface area contributed by atoms with Gasteiger partial charge < -0.3 is 9.47 Å². The summed E-state index contributed by atoms with van der Waals surface area (Å²) >= 11 is 0. The molecular weight excluding hydrogens is 374 g/mol.